The van der Waals surface area contributed by atoms with Crippen molar-refractivity contribution in [2.24, 2.45) is 0 Å². The summed E-state index contributed by atoms with van der Waals surface area (Å²) in [4.78, 5) is 2.37. The molecular formula is C12H15N3. The first-order chi connectivity index (χ1) is 7.45. The molecule has 0 atom stereocenters. The first-order valence-corrected chi connectivity index (χ1v) is 5.45. The number of nitrogens with one attached hydrogen (secondary N) is 2. The molecule has 15 heavy (non-hydrogen) atoms. The molecule has 0 amide bonds. The van der Waals surface area contributed by atoms with Crippen molar-refractivity contribution in [2.45, 2.75) is 6.42 Å². The lowest BCUT2D eigenvalue weighted by molar-refractivity contribution is 0.685. The Balaban J connectivity index is 1.93. The summed E-state index contributed by atoms with van der Waals surface area (Å²) in [6, 6.07) is 8.49. The van der Waals surface area contributed by atoms with Crippen LogP contribution in [0.3, 0.4) is 0 Å². The highest BCUT2D eigenvalue weighted by Crippen LogP contribution is 2.34. The van der Waals surface area contributed by atoms with Gasteiger partial charge in [-0.2, -0.15) is 0 Å². The van der Waals surface area contributed by atoms with E-state index in [1.807, 2.05) is 0 Å². The number of hydrogen-bond donors (Lipinski definition) is 2. The number of fused-ring (bicyclic) bond motifs is 1. The van der Waals surface area contributed by atoms with Gasteiger partial charge in [-0.25, -0.2) is 0 Å². The summed E-state index contributed by atoms with van der Waals surface area (Å²) >= 11 is 0. The van der Waals surface area contributed by atoms with Gasteiger partial charge in [0.25, 0.3) is 0 Å². The number of rotatable bonds is 1. The average molecular weight is 201 g/mol. The van der Waals surface area contributed by atoms with Crippen molar-refractivity contribution in [2.75, 3.05) is 30.0 Å². The summed E-state index contributed by atoms with van der Waals surface area (Å²) in [5.74, 6) is 0. The molecule has 3 rings (SSSR count). The molecule has 3 heteroatoms. The van der Waals surface area contributed by atoms with Gasteiger partial charge in [0.05, 0.1) is 18.0 Å². The van der Waals surface area contributed by atoms with E-state index in [1.165, 1.54) is 17.1 Å². The molecule has 78 valence electrons. The van der Waals surface area contributed by atoms with Gasteiger partial charge in [0.2, 0.25) is 0 Å². The monoisotopic (exact) mass is 201 g/mol. The fraction of sp³-hybridized carbons (Fsp3) is 0.333. The number of para-hydroxylation sites is 2. The van der Waals surface area contributed by atoms with Gasteiger partial charge in [-0.05, 0) is 18.6 Å². The van der Waals surface area contributed by atoms with Crippen LogP contribution >= 0.6 is 0 Å². The Morgan fingerprint density at radius 2 is 2.13 bits per heavy atom. The molecule has 0 fully saturated rings. The number of anilines is 2. The second-order valence-electron chi connectivity index (χ2n) is 3.93. The summed E-state index contributed by atoms with van der Waals surface area (Å²) in [5.41, 5.74) is 3.99. The van der Waals surface area contributed by atoms with E-state index in [0.29, 0.717) is 0 Å². The minimum absolute atomic E-state index is 0.908. The Kier molecular flexibility index (Phi) is 2.10. The van der Waals surface area contributed by atoms with Crippen molar-refractivity contribution in [3.63, 3.8) is 0 Å². The first kappa shape index (κ1) is 8.80. The van der Waals surface area contributed by atoms with Crippen LogP contribution in [0.2, 0.25) is 0 Å². The van der Waals surface area contributed by atoms with Crippen molar-refractivity contribution in [1.29, 1.82) is 0 Å². The molecule has 0 saturated carbocycles. The van der Waals surface area contributed by atoms with Crippen LogP contribution in [-0.2, 0) is 0 Å². The molecule has 0 radical (unpaired) electrons. The van der Waals surface area contributed by atoms with E-state index in [9.17, 15) is 0 Å². The molecule has 2 aliphatic rings. The molecule has 0 saturated heterocycles. The Labute approximate surface area is 89.8 Å². The zero-order chi connectivity index (χ0) is 10.1. The van der Waals surface area contributed by atoms with E-state index in [-0.39, 0.29) is 0 Å². The van der Waals surface area contributed by atoms with Crippen LogP contribution in [0.25, 0.3) is 0 Å². The van der Waals surface area contributed by atoms with Crippen molar-refractivity contribution >= 4 is 11.4 Å². The smallest absolute Gasteiger partial charge is 0.0923 e. The maximum atomic E-state index is 3.41. The molecule has 0 bridgehead atoms. The lowest BCUT2D eigenvalue weighted by Gasteiger charge is -2.24. The standard InChI is InChI=1S/C12H15N3/c1-2-4-12-11(3-1)14-9-15(12)10-5-7-13-8-6-10/h1-5,13-14H,6-9H2. The average Bonchev–Trinajstić information content (AvgIpc) is 2.74. The van der Waals surface area contributed by atoms with E-state index in [0.717, 1.165) is 26.2 Å². The van der Waals surface area contributed by atoms with Crippen molar-refractivity contribution in [3.8, 4) is 0 Å². The molecule has 2 N–H and O–H groups in total. The van der Waals surface area contributed by atoms with Crippen LogP contribution in [0.4, 0.5) is 11.4 Å². The fourth-order valence-corrected chi connectivity index (χ4v) is 2.22. The van der Waals surface area contributed by atoms with Crippen LogP contribution < -0.4 is 15.5 Å². The third-order valence-corrected chi connectivity index (χ3v) is 3.01. The lowest BCUT2D eigenvalue weighted by Crippen LogP contribution is -2.30. The quantitative estimate of drug-likeness (QED) is 0.725. The van der Waals surface area contributed by atoms with Gasteiger partial charge in [0.15, 0.2) is 0 Å². The zero-order valence-corrected chi connectivity index (χ0v) is 8.66. The molecule has 2 aliphatic heterocycles. The van der Waals surface area contributed by atoms with Crippen molar-refractivity contribution in [1.82, 2.24) is 5.32 Å². The lowest BCUT2D eigenvalue weighted by atomic mass is 10.2. The summed E-state index contributed by atoms with van der Waals surface area (Å²) in [6.45, 7) is 2.99. The van der Waals surface area contributed by atoms with Gasteiger partial charge in [0, 0.05) is 18.8 Å². The van der Waals surface area contributed by atoms with E-state index in [1.54, 1.807) is 0 Å². The van der Waals surface area contributed by atoms with Gasteiger partial charge in [-0.1, -0.05) is 18.2 Å². The summed E-state index contributed by atoms with van der Waals surface area (Å²) in [7, 11) is 0. The minimum Gasteiger partial charge on any atom is -0.366 e. The summed E-state index contributed by atoms with van der Waals surface area (Å²) in [6.07, 6.45) is 3.41. The Hall–Kier alpha value is -1.48. The predicted octanol–water partition coefficient (Wildman–Crippen LogP) is 1.75. The van der Waals surface area contributed by atoms with Gasteiger partial charge < -0.3 is 15.5 Å². The molecule has 2 heterocycles. The number of nitrogens with zero attached hydrogens (tertiary/aromatic N) is 1. The Morgan fingerprint density at radius 3 is 3.00 bits per heavy atom. The maximum absolute atomic E-state index is 3.41. The first-order valence-electron chi connectivity index (χ1n) is 5.45. The molecule has 3 nitrogen and oxygen atoms in total. The van der Waals surface area contributed by atoms with Crippen LogP contribution in [0.15, 0.2) is 36.0 Å². The second-order valence-corrected chi connectivity index (χ2v) is 3.93. The van der Waals surface area contributed by atoms with E-state index < -0.39 is 0 Å². The third kappa shape index (κ3) is 1.49. The Morgan fingerprint density at radius 1 is 1.20 bits per heavy atom. The third-order valence-electron chi connectivity index (χ3n) is 3.01. The number of benzene rings is 1. The van der Waals surface area contributed by atoms with Gasteiger partial charge in [0.1, 0.15) is 0 Å². The molecule has 0 aromatic heterocycles. The topological polar surface area (TPSA) is 27.3 Å². The zero-order valence-electron chi connectivity index (χ0n) is 8.66. The maximum Gasteiger partial charge on any atom is 0.0923 e. The van der Waals surface area contributed by atoms with Crippen LogP contribution in [0, 0.1) is 0 Å². The van der Waals surface area contributed by atoms with Crippen LogP contribution in [0.1, 0.15) is 6.42 Å². The largest absolute Gasteiger partial charge is 0.366 e. The summed E-state index contributed by atoms with van der Waals surface area (Å²) < 4.78 is 0. The van der Waals surface area contributed by atoms with Crippen LogP contribution in [0.5, 0.6) is 0 Å². The van der Waals surface area contributed by atoms with E-state index >= 15 is 0 Å². The van der Waals surface area contributed by atoms with Crippen LogP contribution in [-0.4, -0.2) is 19.8 Å². The highest BCUT2D eigenvalue weighted by Gasteiger charge is 2.21. The molecule has 1 aromatic rings. The van der Waals surface area contributed by atoms with Gasteiger partial charge in [-0.15, -0.1) is 0 Å². The van der Waals surface area contributed by atoms with Gasteiger partial charge in [-0.3, -0.25) is 0 Å². The SMILES string of the molecule is C1=C(N2CNc3ccccc32)CCNC1. The molecule has 1 aromatic carbocycles. The fourth-order valence-electron chi connectivity index (χ4n) is 2.22. The van der Waals surface area contributed by atoms with Gasteiger partial charge >= 0.3 is 0 Å². The van der Waals surface area contributed by atoms with Crippen molar-refractivity contribution in [3.05, 3.63) is 36.0 Å². The summed E-state index contributed by atoms with van der Waals surface area (Å²) in [5, 5.41) is 6.75. The Bertz CT molecular complexity index is 398. The second kappa shape index (κ2) is 3.59. The normalized spacial score (nSPS) is 19.5. The molecule has 0 spiro atoms. The van der Waals surface area contributed by atoms with Crippen molar-refractivity contribution < 1.29 is 0 Å². The van der Waals surface area contributed by atoms with E-state index in [4.69, 9.17) is 0 Å². The molecule has 0 unspecified atom stereocenters. The molecule has 0 aliphatic carbocycles. The highest BCUT2D eigenvalue weighted by atomic mass is 15.3. The number of hydrogen-bond acceptors (Lipinski definition) is 3. The minimum atomic E-state index is 0.908. The molecular weight excluding hydrogens is 186 g/mol. The predicted molar refractivity (Wildman–Crippen MR) is 63.0 cm³/mol. The van der Waals surface area contributed by atoms with E-state index in [2.05, 4.69) is 45.9 Å². The highest BCUT2D eigenvalue weighted by molar-refractivity contribution is 5.76.